The number of rotatable bonds is 9. The number of benzene rings is 1. The normalized spacial score (nSPS) is 22.4. The highest BCUT2D eigenvalue weighted by molar-refractivity contribution is 7.54. The van der Waals surface area contributed by atoms with Gasteiger partial charge in [-0.2, -0.15) is 26.3 Å². The van der Waals surface area contributed by atoms with Crippen LogP contribution in [0.15, 0.2) is 30.3 Å². The van der Waals surface area contributed by atoms with Crippen molar-refractivity contribution in [3.8, 4) is 0 Å². The topological polar surface area (TPSA) is 61.8 Å². The average molecular weight is 518 g/mol. The SMILES string of the molecule is C[C@@H]1CC[C@@H](C(C)(C)c2ccccc2)[C@H](OC(=O)CP(=O)(OCC(F)(F)F)OCC(F)(F)F)C1. The molecule has 0 bridgehead atoms. The fraction of sp³-hybridized carbons (Fsp3) is 0.682. The van der Waals surface area contributed by atoms with Gasteiger partial charge in [0.25, 0.3) is 0 Å². The molecule has 0 aromatic heterocycles. The molecule has 5 nitrogen and oxygen atoms in total. The average Bonchev–Trinajstić information content (AvgIpc) is 2.70. The third-order valence-electron chi connectivity index (χ3n) is 5.95. The van der Waals surface area contributed by atoms with Gasteiger partial charge < -0.3 is 4.74 Å². The maximum absolute atomic E-state index is 12.6. The second kappa shape index (κ2) is 11.0. The van der Waals surface area contributed by atoms with E-state index in [1.807, 2.05) is 51.1 Å². The van der Waals surface area contributed by atoms with Crippen molar-refractivity contribution in [2.24, 2.45) is 11.8 Å². The van der Waals surface area contributed by atoms with E-state index >= 15 is 0 Å². The van der Waals surface area contributed by atoms with E-state index in [0.29, 0.717) is 12.8 Å². The highest BCUT2D eigenvalue weighted by Crippen LogP contribution is 2.51. The van der Waals surface area contributed by atoms with Crippen LogP contribution in [0.25, 0.3) is 0 Å². The number of carbonyl (C=O) groups is 1. The van der Waals surface area contributed by atoms with E-state index in [-0.39, 0.29) is 11.8 Å². The minimum atomic E-state index is -5.08. The molecule has 0 radical (unpaired) electrons. The first-order valence-electron chi connectivity index (χ1n) is 10.8. The lowest BCUT2D eigenvalue weighted by Gasteiger charge is -2.44. The molecule has 1 aromatic rings. The van der Waals surface area contributed by atoms with Gasteiger partial charge >= 0.3 is 25.9 Å². The molecule has 1 saturated carbocycles. The molecule has 0 amide bonds. The van der Waals surface area contributed by atoms with E-state index in [9.17, 15) is 35.7 Å². The Morgan fingerprint density at radius 1 is 0.971 bits per heavy atom. The van der Waals surface area contributed by atoms with Gasteiger partial charge in [0.1, 0.15) is 12.3 Å². The van der Waals surface area contributed by atoms with Crippen LogP contribution in [0.2, 0.25) is 0 Å². The second-order valence-electron chi connectivity index (χ2n) is 9.19. The molecule has 1 aromatic carbocycles. The van der Waals surface area contributed by atoms with Gasteiger partial charge in [-0.15, -0.1) is 0 Å². The quantitative estimate of drug-likeness (QED) is 0.208. The number of carbonyl (C=O) groups excluding carboxylic acids is 1. The number of ether oxygens (including phenoxy) is 1. The summed E-state index contributed by atoms with van der Waals surface area (Å²) < 4.78 is 101. The summed E-state index contributed by atoms with van der Waals surface area (Å²) in [4.78, 5) is 12.6. The van der Waals surface area contributed by atoms with Gasteiger partial charge in [0.2, 0.25) is 0 Å². The number of esters is 1. The summed E-state index contributed by atoms with van der Waals surface area (Å²) in [6, 6.07) is 9.47. The Hall–Kier alpha value is -1.58. The highest BCUT2D eigenvalue weighted by atomic mass is 31.2. The summed E-state index contributed by atoms with van der Waals surface area (Å²) in [6.45, 7) is 1.66. The Morgan fingerprint density at radius 2 is 1.50 bits per heavy atom. The molecule has 2 rings (SSSR count). The Balaban J connectivity index is 2.18. The van der Waals surface area contributed by atoms with Crippen molar-refractivity contribution in [1.82, 2.24) is 0 Å². The third-order valence-corrected chi connectivity index (χ3v) is 7.64. The van der Waals surface area contributed by atoms with Gasteiger partial charge in [0, 0.05) is 5.92 Å². The number of alkyl halides is 6. The number of hydrogen-bond acceptors (Lipinski definition) is 5. The summed E-state index contributed by atoms with van der Waals surface area (Å²) in [7, 11) is -5.08. The monoisotopic (exact) mass is 518 g/mol. The van der Waals surface area contributed by atoms with Gasteiger partial charge in [-0.3, -0.25) is 18.4 Å². The Labute approximate surface area is 194 Å². The fourth-order valence-electron chi connectivity index (χ4n) is 4.20. The molecule has 12 heteroatoms. The van der Waals surface area contributed by atoms with E-state index in [1.165, 1.54) is 0 Å². The molecule has 0 spiro atoms. The van der Waals surface area contributed by atoms with E-state index in [0.717, 1.165) is 12.0 Å². The predicted molar refractivity (Wildman–Crippen MR) is 112 cm³/mol. The van der Waals surface area contributed by atoms with E-state index < -0.39 is 56.8 Å². The van der Waals surface area contributed by atoms with Crippen LogP contribution in [-0.4, -0.2) is 43.8 Å². The Bertz CT molecular complexity index is 834. The van der Waals surface area contributed by atoms with Crippen LogP contribution in [0.5, 0.6) is 0 Å². The van der Waals surface area contributed by atoms with Crippen LogP contribution < -0.4 is 0 Å². The lowest BCUT2D eigenvalue weighted by atomic mass is 9.64. The fourth-order valence-corrected chi connectivity index (χ4v) is 5.54. The minimum Gasteiger partial charge on any atom is -0.462 e. The molecule has 0 unspecified atom stereocenters. The summed E-state index contributed by atoms with van der Waals surface area (Å²) in [5.74, 6) is -1.24. The standard InChI is InChI=1S/C22H29F6O5P/c1-15-9-10-17(20(2,3)16-7-5-4-6-8-16)18(11-15)33-19(29)12-34(30,31-13-21(23,24)25)32-14-22(26,27)28/h4-8,15,17-18H,9-14H2,1-3H3/t15-,17-,18-/m1/s1. The molecule has 194 valence electrons. The van der Waals surface area contributed by atoms with Crippen molar-refractivity contribution in [3.63, 3.8) is 0 Å². The van der Waals surface area contributed by atoms with E-state index in [2.05, 4.69) is 9.05 Å². The van der Waals surface area contributed by atoms with Gasteiger partial charge in [-0.25, -0.2) is 0 Å². The summed E-state index contributed by atoms with van der Waals surface area (Å²) >= 11 is 0. The molecule has 1 aliphatic carbocycles. The maximum Gasteiger partial charge on any atom is 0.412 e. The van der Waals surface area contributed by atoms with Crippen molar-refractivity contribution >= 4 is 13.6 Å². The van der Waals surface area contributed by atoms with Gasteiger partial charge in [-0.1, -0.05) is 57.5 Å². The molecule has 34 heavy (non-hydrogen) atoms. The molecule has 0 N–H and O–H groups in total. The molecule has 1 aliphatic rings. The Morgan fingerprint density at radius 3 is 2.00 bits per heavy atom. The van der Waals surface area contributed by atoms with Crippen molar-refractivity contribution in [1.29, 1.82) is 0 Å². The zero-order valence-electron chi connectivity index (χ0n) is 19.1. The lowest BCUT2D eigenvalue weighted by molar-refractivity contribution is -0.167. The Kier molecular flexibility index (Phi) is 9.27. The van der Waals surface area contributed by atoms with Crippen LogP contribution in [0.4, 0.5) is 26.3 Å². The van der Waals surface area contributed by atoms with Gasteiger partial charge in [0.05, 0.1) is 0 Å². The largest absolute Gasteiger partial charge is 0.462 e. The maximum atomic E-state index is 12.6. The molecule has 0 heterocycles. The van der Waals surface area contributed by atoms with Gasteiger partial charge in [0.15, 0.2) is 13.2 Å². The second-order valence-corrected chi connectivity index (χ2v) is 11.2. The molecule has 0 saturated heterocycles. The van der Waals surface area contributed by atoms with Crippen LogP contribution in [0.3, 0.4) is 0 Å². The first-order chi connectivity index (χ1) is 15.5. The first kappa shape index (κ1) is 28.7. The van der Waals surface area contributed by atoms with E-state index in [1.54, 1.807) is 0 Å². The zero-order chi connectivity index (χ0) is 25.8. The molecule has 3 atom stereocenters. The van der Waals surface area contributed by atoms with Crippen LogP contribution in [0, 0.1) is 11.8 Å². The molecular formula is C22H29F6O5P. The number of hydrogen-bond donors (Lipinski definition) is 0. The van der Waals surface area contributed by atoms with Crippen LogP contribution >= 0.6 is 7.60 Å². The number of halogens is 6. The highest BCUT2D eigenvalue weighted by Gasteiger charge is 2.44. The van der Waals surface area contributed by atoms with Crippen molar-refractivity contribution < 1.29 is 49.5 Å². The van der Waals surface area contributed by atoms with Crippen LogP contribution in [-0.2, 0) is 28.6 Å². The minimum absolute atomic E-state index is 0.176. The van der Waals surface area contributed by atoms with Crippen molar-refractivity contribution in [2.45, 2.75) is 63.9 Å². The lowest BCUT2D eigenvalue weighted by Crippen LogP contribution is -2.43. The smallest absolute Gasteiger partial charge is 0.412 e. The summed E-state index contributed by atoms with van der Waals surface area (Å²) in [6.07, 6.45) is -10.0. The summed E-state index contributed by atoms with van der Waals surface area (Å²) in [5, 5.41) is 0. The van der Waals surface area contributed by atoms with Crippen molar-refractivity contribution in [2.75, 3.05) is 19.4 Å². The zero-order valence-corrected chi connectivity index (χ0v) is 20.0. The van der Waals surface area contributed by atoms with Crippen molar-refractivity contribution in [3.05, 3.63) is 35.9 Å². The molecule has 1 fully saturated rings. The summed E-state index contributed by atoms with van der Waals surface area (Å²) in [5.41, 5.74) is 0.540. The van der Waals surface area contributed by atoms with Gasteiger partial charge in [-0.05, 0) is 29.7 Å². The molecule has 0 aliphatic heterocycles. The van der Waals surface area contributed by atoms with E-state index in [4.69, 9.17) is 4.74 Å². The molecular weight excluding hydrogens is 489 g/mol. The predicted octanol–water partition coefficient (Wildman–Crippen LogP) is 6.66. The first-order valence-corrected chi connectivity index (χ1v) is 12.5. The van der Waals surface area contributed by atoms with Crippen LogP contribution in [0.1, 0.15) is 45.6 Å². The third kappa shape index (κ3) is 8.89.